The van der Waals surface area contributed by atoms with E-state index in [0.29, 0.717) is 21.8 Å². The number of nitrogens with zero attached hydrogens (tertiary/aromatic N) is 3. The summed E-state index contributed by atoms with van der Waals surface area (Å²) >= 11 is 1.35. The molecule has 3 aromatic rings. The molecular formula is C23H25N3O2S. The molecule has 0 radical (unpaired) electrons. The van der Waals surface area contributed by atoms with Crippen molar-refractivity contribution in [1.82, 2.24) is 14.5 Å². The standard InChI is InChI=1S/C23H25N3O2S/c1-2-17-10-4-7-13-20(17)26-22(28)18-11-5-6-12-19(18)24-23(26)29-16-21(27)25-14-8-3-9-15-25/h4-7,10-13H,2-3,8-9,14-16H2,1H3. The van der Waals surface area contributed by atoms with Crippen molar-refractivity contribution in [3.05, 3.63) is 64.4 Å². The van der Waals surface area contributed by atoms with Crippen LogP contribution in [0, 0.1) is 0 Å². The highest BCUT2D eigenvalue weighted by Crippen LogP contribution is 2.24. The Labute approximate surface area is 174 Å². The molecule has 0 atom stereocenters. The molecule has 5 nitrogen and oxygen atoms in total. The maximum absolute atomic E-state index is 13.4. The number of likely N-dealkylation sites (tertiary alicyclic amines) is 1. The first-order chi connectivity index (χ1) is 14.2. The molecule has 1 aromatic heterocycles. The molecule has 1 amide bonds. The third-order valence-corrected chi connectivity index (χ3v) is 6.32. The number of rotatable bonds is 5. The second-order valence-corrected chi connectivity index (χ2v) is 8.21. The van der Waals surface area contributed by atoms with Crippen LogP contribution in [0.5, 0.6) is 0 Å². The Morgan fingerprint density at radius 1 is 1.03 bits per heavy atom. The van der Waals surface area contributed by atoms with E-state index in [0.717, 1.165) is 43.6 Å². The molecule has 1 fully saturated rings. The molecule has 1 saturated heterocycles. The van der Waals surface area contributed by atoms with Crippen molar-refractivity contribution in [2.45, 2.75) is 37.8 Å². The maximum atomic E-state index is 13.4. The van der Waals surface area contributed by atoms with Gasteiger partial charge in [-0.3, -0.25) is 14.2 Å². The van der Waals surface area contributed by atoms with E-state index in [1.165, 1.54) is 18.2 Å². The SMILES string of the molecule is CCc1ccccc1-n1c(SCC(=O)N2CCCCC2)nc2ccccc2c1=O. The number of para-hydroxylation sites is 2. The predicted octanol–water partition coefficient (Wildman–Crippen LogP) is 4.05. The average Bonchev–Trinajstić information content (AvgIpc) is 2.78. The normalized spacial score (nSPS) is 14.3. The maximum Gasteiger partial charge on any atom is 0.266 e. The third kappa shape index (κ3) is 4.08. The van der Waals surface area contributed by atoms with Gasteiger partial charge in [-0.25, -0.2) is 4.98 Å². The van der Waals surface area contributed by atoms with Crippen molar-refractivity contribution in [2.24, 2.45) is 0 Å². The third-order valence-electron chi connectivity index (χ3n) is 5.39. The number of aromatic nitrogens is 2. The molecule has 2 heterocycles. The summed E-state index contributed by atoms with van der Waals surface area (Å²) in [6, 6.07) is 15.3. The molecule has 1 aliphatic rings. The number of carbonyl (C=O) groups excluding carboxylic acids is 1. The highest BCUT2D eigenvalue weighted by molar-refractivity contribution is 7.99. The van der Waals surface area contributed by atoms with Crippen LogP contribution in [-0.2, 0) is 11.2 Å². The van der Waals surface area contributed by atoms with Crippen LogP contribution < -0.4 is 5.56 Å². The van der Waals surface area contributed by atoms with Crippen LogP contribution >= 0.6 is 11.8 Å². The van der Waals surface area contributed by atoms with Gasteiger partial charge >= 0.3 is 0 Å². The predicted molar refractivity (Wildman–Crippen MR) is 118 cm³/mol. The monoisotopic (exact) mass is 407 g/mol. The zero-order chi connectivity index (χ0) is 20.2. The fraction of sp³-hybridized carbons (Fsp3) is 0.348. The van der Waals surface area contributed by atoms with Crippen molar-refractivity contribution in [2.75, 3.05) is 18.8 Å². The van der Waals surface area contributed by atoms with E-state index in [4.69, 9.17) is 4.98 Å². The highest BCUT2D eigenvalue weighted by Gasteiger charge is 2.20. The van der Waals surface area contributed by atoms with Crippen LogP contribution in [0.25, 0.3) is 16.6 Å². The Morgan fingerprint density at radius 2 is 1.76 bits per heavy atom. The van der Waals surface area contributed by atoms with Crippen molar-refractivity contribution in [3.63, 3.8) is 0 Å². The summed E-state index contributed by atoms with van der Waals surface area (Å²) in [6.07, 6.45) is 4.14. The Kier molecular flexibility index (Phi) is 6.00. The molecular weight excluding hydrogens is 382 g/mol. The van der Waals surface area contributed by atoms with Gasteiger partial charge in [-0.05, 0) is 49.4 Å². The van der Waals surface area contributed by atoms with E-state index in [1.54, 1.807) is 4.57 Å². The first-order valence-corrected chi connectivity index (χ1v) is 11.2. The molecule has 0 unspecified atom stereocenters. The van der Waals surface area contributed by atoms with Gasteiger partial charge in [-0.2, -0.15) is 0 Å². The second kappa shape index (κ2) is 8.82. The molecule has 6 heteroatoms. The Balaban J connectivity index is 1.75. The van der Waals surface area contributed by atoms with E-state index in [9.17, 15) is 9.59 Å². The van der Waals surface area contributed by atoms with Gasteiger partial charge < -0.3 is 4.90 Å². The van der Waals surface area contributed by atoms with Crippen LogP contribution in [0.3, 0.4) is 0 Å². The molecule has 29 heavy (non-hydrogen) atoms. The van der Waals surface area contributed by atoms with Gasteiger partial charge in [0.05, 0.1) is 22.3 Å². The molecule has 0 saturated carbocycles. The smallest absolute Gasteiger partial charge is 0.266 e. The Hall–Kier alpha value is -2.60. The Bertz CT molecular complexity index is 1090. The highest BCUT2D eigenvalue weighted by atomic mass is 32.2. The number of amides is 1. The van der Waals surface area contributed by atoms with E-state index < -0.39 is 0 Å². The number of fused-ring (bicyclic) bond motifs is 1. The number of aryl methyl sites for hydroxylation is 1. The van der Waals surface area contributed by atoms with Crippen LogP contribution in [0.4, 0.5) is 0 Å². The van der Waals surface area contributed by atoms with Gasteiger partial charge in [0.1, 0.15) is 0 Å². The number of thioether (sulfide) groups is 1. The summed E-state index contributed by atoms with van der Waals surface area (Å²) < 4.78 is 1.68. The van der Waals surface area contributed by atoms with Crippen LogP contribution in [0.1, 0.15) is 31.7 Å². The van der Waals surface area contributed by atoms with E-state index in [-0.39, 0.29) is 11.5 Å². The summed E-state index contributed by atoms with van der Waals surface area (Å²) in [6.45, 7) is 3.73. The molecule has 0 spiro atoms. The number of carbonyl (C=O) groups is 1. The largest absolute Gasteiger partial charge is 0.342 e. The lowest BCUT2D eigenvalue weighted by Crippen LogP contribution is -2.36. The summed E-state index contributed by atoms with van der Waals surface area (Å²) in [5.74, 6) is 0.409. The molecule has 150 valence electrons. The van der Waals surface area contributed by atoms with E-state index >= 15 is 0 Å². The quantitative estimate of drug-likeness (QED) is 0.473. The number of hydrogen-bond donors (Lipinski definition) is 0. The minimum Gasteiger partial charge on any atom is -0.342 e. The van der Waals surface area contributed by atoms with Gasteiger partial charge in [0.2, 0.25) is 5.91 Å². The first-order valence-electron chi connectivity index (χ1n) is 10.2. The minimum atomic E-state index is -0.0931. The summed E-state index contributed by atoms with van der Waals surface area (Å²) in [4.78, 5) is 32.7. The number of benzene rings is 2. The van der Waals surface area contributed by atoms with Gasteiger partial charge in [0, 0.05) is 13.1 Å². The van der Waals surface area contributed by atoms with Gasteiger partial charge in [0.25, 0.3) is 5.56 Å². The summed E-state index contributed by atoms with van der Waals surface area (Å²) in [7, 11) is 0. The van der Waals surface area contributed by atoms with Gasteiger partial charge in [-0.15, -0.1) is 0 Å². The lowest BCUT2D eigenvalue weighted by molar-refractivity contribution is -0.129. The zero-order valence-electron chi connectivity index (χ0n) is 16.6. The Morgan fingerprint density at radius 3 is 2.55 bits per heavy atom. The van der Waals surface area contributed by atoms with E-state index in [2.05, 4.69) is 6.92 Å². The fourth-order valence-corrected chi connectivity index (χ4v) is 4.72. The van der Waals surface area contributed by atoms with Crippen molar-refractivity contribution < 1.29 is 4.79 Å². The van der Waals surface area contributed by atoms with Crippen LogP contribution in [0.2, 0.25) is 0 Å². The summed E-state index contributed by atoms with van der Waals surface area (Å²) in [5, 5.41) is 1.16. The molecule has 0 aliphatic carbocycles. The second-order valence-electron chi connectivity index (χ2n) is 7.26. The van der Waals surface area contributed by atoms with Gasteiger partial charge in [-0.1, -0.05) is 49.0 Å². The first kappa shape index (κ1) is 19.7. The van der Waals surface area contributed by atoms with Gasteiger partial charge in [0.15, 0.2) is 5.16 Å². The van der Waals surface area contributed by atoms with Crippen LogP contribution in [-0.4, -0.2) is 39.2 Å². The molecule has 4 rings (SSSR count). The topological polar surface area (TPSA) is 55.2 Å². The zero-order valence-corrected chi connectivity index (χ0v) is 17.5. The van der Waals surface area contributed by atoms with Crippen LogP contribution in [0.15, 0.2) is 58.5 Å². The molecule has 2 aromatic carbocycles. The molecule has 0 bridgehead atoms. The minimum absolute atomic E-state index is 0.0931. The summed E-state index contributed by atoms with van der Waals surface area (Å²) in [5.41, 5.74) is 2.49. The van der Waals surface area contributed by atoms with Crippen molar-refractivity contribution in [1.29, 1.82) is 0 Å². The van der Waals surface area contributed by atoms with Crippen molar-refractivity contribution >= 4 is 28.6 Å². The fourth-order valence-electron chi connectivity index (χ4n) is 3.81. The van der Waals surface area contributed by atoms with E-state index in [1.807, 2.05) is 53.4 Å². The lowest BCUT2D eigenvalue weighted by Gasteiger charge is -2.26. The van der Waals surface area contributed by atoms with Crippen molar-refractivity contribution in [3.8, 4) is 5.69 Å². The molecule has 1 aliphatic heterocycles. The number of piperidine rings is 1. The average molecular weight is 408 g/mol. The molecule has 0 N–H and O–H groups in total. The number of hydrogen-bond acceptors (Lipinski definition) is 4. The lowest BCUT2D eigenvalue weighted by atomic mass is 10.1.